The highest BCUT2D eigenvalue weighted by atomic mass is 14.1. The Morgan fingerprint density at radius 3 is 2.00 bits per heavy atom. The first-order valence-electron chi connectivity index (χ1n) is 5.80. The van der Waals surface area contributed by atoms with E-state index in [1.165, 1.54) is 32.1 Å². The molecule has 0 fully saturated rings. The highest BCUT2D eigenvalue weighted by Gasteiger charge is 2.09. The van der Waals surface area contributed by atoms with Crippen molar-refractivity contribution in [3.8, 4) is 0 Å². The molecule has 0 aliphatic rings. The number of hydrogen-bond donors (Lipinski definition) is 0. The second-order valence-electron chi connectivity index (χ2n) is 4.35. The molecule has 0 saturated carbocycles. The Bertz CT molecular complexity index is 94.2. The average Bonchev–Trinajstić information content (AvgIpc) is 2.10. The van der Waals surface area contributed by atoms with Crippen LogP contribution in [0.5, 0.6) is 0 Å². The van der Waals surface area contributed by atoms with Crippen LogP contribution in [0.3, 0.4) is 0 Å². The van der Waals surface area contributed by atoms with E-state index in [1.54, 1.807) is 0 Å². The van der Waals surface area contributed by atoms with Crippen LogP contribution in [0.2, 0.25) is 0 Å². The molecule has 0 saturated heterocycles. The molecule has 0 nitrogen and oxygen atoms in total. The van der Waals surface area contributed by atoms with Crippen LogP contribution in [0.4, 0.5) is 0 Å². The largest absolute Gasteiger partial charge is 0.0625 e. The Hall–Kier alpha value is 0. The predicted molar refractivity (Wildman–Crippen MR) is 61.4 cm³/mol. The maximum atomic E-state index is 4.01. The fraction of sp³-hybridized carbons (Fsp3) is 0.846. The highest BCUT2D eigenvalue weighted by Crippen LogP contribution is 2.21. The molecule has 0 heteroatoms. The lowest BCUT2D eigenvalue weighted by atomic mass is 9.88. The summed E-state index contributed by atoms with van der Waals surface area (Å²) in [5.41, 5.74) is 0. The standard InChI is InChI=1S/C13H26/c1-5-7-8-9-10-11-13(6-2)12(3)4/h12-13H,1-2,5-11H2,3-4H3. The molecule has 0 aliphatic carbocycles. The first-order chi connectivity index (χ1) is 6.22. The van der Waals surface area contributed by atoms with Crippen molar-refractivity contribution < 1.29 is 0 Å². The lowest BCUT2D eigenvalue weighted by molar-refractivity contribution is 0.347. The van der Waals surface area contributed by atoms with Crippen LogP contribution in [-0.2, 0) is 0 Å². The fourth-order valence-electron chi connectivity index (χ4n) is 1.75. The van der Waals surface area contributed by atoms with Crippen molar-refractivity contribution in [1.82, 2.24) is 0 Å². The van der Waals surface area contributed by atoms with Crippen molar-refractivity contribution in [2.24, 2.45) is 11.8 Å². The van der Waals surface area contributed by atoms with Gasteiger partial charge >= 0.3 is 0 Å². The van der Waals surface area contributed by atoms with Crippen LogP contribution in [0, 0.1) is 25.7 Å². The van der Waals surface area contributed by atoms with Gasteiger partial charge in [-0.2, -0.15) is 0 Å². The first-order valence-corrected chi connectivity index (χ1v) is 5.80. The van der Waals surface area contributed by atoms with E-state index >= 15 is 0 Å². The minimum Gasteiger partial charge on any atom is -0.0625 e. The van der Waals surface area contributed by atoms with Crippen molar-refractivity contribution in [2.45, 2.75) is 58.8 Å². The second kappa shape index (κ2) is 8.59. The Kier molecular flexibility index (Phi) is 8.59. The van der Waals surface area contributed by atoms with E-state index in [0.717, 1.165) is 24.7 Å². The van der Waals surface area contributed by atoms with E-state index in [0.29, 0.717) is 0 Å². The third-order valence-electron chi connectivity index (χ3n) is 2.89. The lowest BCUT2D eigenvalue weighted by Gasteiger charge is -2.18. The zero-order valence-electron chi connectivity index (χ0n) is 9.52. The lowest BCUT2D eigenvalue weighted by Crippen LogP contribution is -2.07. The van der Waals surface area contributed by atoms with Crippen molar-refractivity contribution in [1.29, 1.82) is 0 Å². The number of hydrogen-bond acceptors (Lipinski definition) is 0. The summed E-state index contributed by atoms with van der Waals surface area (Å²) in [4.78, 5) is 0. The summed E-state index contributed by atoms with van der Waals surface area (Å²) in [5, 5.41) is 0. The topological polar surface area (TPSA) is 0 Å². The minimum atomic E-state index is 0.811. The second-order valence-corrected chi connectivity index (χ2v) is 4.35. The molecule has 0 heterocycles. The smallest absolute Gasteiger partial charge is 0.0391 e. The van der Waals surface area contributed by atoms with Gasteiger partial charge < -0.3 is 0 Å². The summed E-state index contributed by atoms with van der Waals surface area (Å²) >= 11 is 0. The monoisotopic (exact) mass is 182 g/mol. The molecule has 0 aromatic heterocycles. The number of unbranched alkanes of at least 4 members (excludes halogenated alkanes) is 4. The van der Waals surface area contributed by atoms with Crippen molar-refractivity contribution in [3.63, 3.8) is 0 Å². The maximum Gasteiger partial charge on any atom is -0.0391 e. The number of rotatable bonds is 8. The van der Waals surface area contributed by atoms with Gasteiger partial charge in [-0.3, -0.25) is 0 Å². The molecule has 0 spiro atoms. The van der Waals surface area contributed by atoms with Crippen LogP contribution in [-0.4, -0.2) is 0 Å². The SMILES string of the molecule is [CH2]CCCCCCC(C[CH2])C(C)C. The molecule has 13 heavy (non-hydrogen) atoms. The van der Waals surface area contributed by atoms with Gasteiger partial charge in [-0.25, -0.2) is 0 Å². The quantitative estimate of drug-likeness (QED) is 0.479. The molecule has 1 atom stereocenters. The summed E-state index contributed by atoms with van der Waals surface area (Å²) in [6, 6.07) is 0. The molecule has 0 aromatic carbocycles. The molecule has 0 bridgehead atoms. The summed E-state index contributed by atoms with van der Waals surface area (Å²) in [7, 11) is 0. The van der Waals surface area contributed by atoms with Crippen molar-refractivity contribution >= 4 is 0 Å². The van der Waals surface area contributed by atoms with Crippen molar-refractivity contribution in [2.75, 3.05) is 0 Å². The summed E-state index contributed by atoms with van der Waals surface area (Å²) in [6.07, 6.45) is 9.02. The van der Waals surface area contributed by atoms with Crippen LogP contribution in [0.1, 0.15) is 58.8 Å². The van der Waals surface area contributed by atoms with Gasteiger partial charge in [-0.05, 0) is 11.8 Å². The van der Waals surface area contributed by atoms with Gasteiger partial charge in [0.2, 0.25) is 0 Å². The summed E-state index contributed by atoms with van der Waals surface area (Å²) < 4.78 is 0. The molecule has 2 radical (unpaired) electrons. The Morgan fingerprint density at radius 1 is 0.923 bits per heavy atom. The van der Waals surface area contributed by atoms with E-state index in [4.69, 9.17) is 0 Å². The van der Waals surface area contributed by atoms with Crippen LogP contribution in [0.25, 0.3) is 0 Å². The van der Waals surface area contributed by atoms with E-state index in [1.807, 2.05) is 0 Å². The van der Waals surface area contributed by atoms with Gasteiger partial charge in [-0.1, -0.05) is 72.6 Å². The Labute approximate surface area is 85.1 Å². The van der Waals surface area contributed by atoms with E-state index < -0.39 is 0 Å². The van der Waals surface area contributed by atoms with Gasteiger partial charge in [0.05, 0.1) is 0 Å². The molecule has 78 valence electrons. The first kappa shape index (κ1) is 13.0. The van der Waals surface area contributed by atoms with Gasteiger partial charge in [0.25, 0.3) is 0 Å². The zero-order valence-corrected chi connectivity index (χ0v) is 9.52. The molecule has 0 amide bonds. The predicted octanol–water partition coefficient (Wildman–Crippen LogP) is 4.66. The molecular formula is C13H26. The summed E-state index contributed by atoms with van der Waals surface area (Å²) in [6.45, 7) is 12.5. The molecule has 0 aromatic rings. The highest BCUT2D eigenvalue weighted by molar-refractivity contribution is 4.64. The molecule has 0 aliphatic heterocycles. The van der Waals surface area contributed by atoms with Crippen LogP contribution in [0.15, 0.2) is 0 Å². The molecule has 0 N–H and O–H groups in total. The minimum absolute atomic E-state index is 0.811. The van der Waals surface area contributed by atoms with Gasteiger partial charge in [0, 0.05) is 0 Å². The van der Waals surface area contributed by atoms with Gasteiger partial charge in [0.1, 0.15) is 0 Å². The normalized spacial score (nSPS) is 13.6. The average molecular weight is 182 g/mol. The fourth-order valence-corrected chi connectivity index (χ4v) is 1.75. The van der Waals surface area contributed by atoms with Gasteiger partial charge in [0.15, 0.2) is 0 Å². The Balaban J connectivity index is 3.28. The third kappa shape index (κ3) is 7.10. The Morgan fingerprint density at radius 2 is 1.54 bits per heavy atom. The zero-order chi connectivity index (χ0) is 10.1. The molecular weight excluding hydrogens is 156 g/mol. The van der Waals surface area contributed by atoms with Crippen LogP contribution >= 0.6 is 0 Å². The van der Waals surface area contributed by atoms with E-state index in [2.05, 4.69) is 27.7 Å². The van der Waals surface area contributed by atoms with E-state index in [-0.39, 0.29) is 0 Å². The molecule has 0 rings (SSSR count). The summed E-state index contributed by atoms with van der Waals surface area (Å²) in [5.74, 6) is 1.66. The van der Waals surface area contributed by atoms with Crippen LogP contribution < -0.4 is 0 Å². The van der Waals surface area contributed by atoms with E-state index in [9.17, 15) is 0 Å². The third-order valence-corrected chi connectivity index (χ3v) is 2.89. The maximum absolute atomic E-state index is 4.01. The molecule has 1 unspecified atom stereocenters. The van der Waals surface area contributed by atoms with Crippen molar-refractivity contribution in [3.05, 3.63) is 13.8 Å². The van der Waals surface area contributed by atoms with Gasteiger partial charge in [-0.15, -0.1) is 0 Å².